The molecule has 20 heavy (non-hydrogen) atoms. The molecule has 0 bridgehead atoms. The van der Waals surface area contributed by atoms with Crippen molar-refractivity contribution < 1.29 is 8.42 Å². The van der Waals surface area contributed by atoms with Gasteiger partial charge in [0, 0.05) is 33.2 Å². The molecule has 1 saturated heterocycles. The van der Waals surface area contributed by atoms with Crippen LogP contribution in [0.1, 0.15) is 19.3 Å². The molecule has 1 atom stereocenters. The third-order valence-corrected chi connectivity index (χ3v) is 5.69. The molecular formula is C14H23N3O2S. The summed E-state index contributed by atoms with van der Waals surface area (Å²) in [4.78, 5) is 2.52. The van der Waals surface area contributed by atoms with Crippen LogP contribution in [0, 0.1) is 0 Å². The Bertz CT molecular complexity index is 557. The quantitative estimate of drug-likeness (QED) is 0.908. The largest absolute Gasteiger partial charge is 0.366 e. The summed E-state index contributed by atoms with van der Waals surface area (Å²) in [7, 11) is -0.321. The second-order valence-corrected chi connectivity index (χ2v) is 7.45. The van der Waals surface area contributed by atoms with Crippen molar-refractivity contribution >= 4 is 15.7 Å². The summed E-state index contributed by atoms with van der Waals surface area (Å²) in [6.07, 6.45) is 3.25. The van der Waals surface area contributed by atoms with Crippen molar-refractivity contribution in [1.29, 1.82) is 0 Å². The fraction of sp³-hybridized carbons (Fsp3) is 0.571. The van der Waals surface area contributed by atoms with Gasteiger partial charge in [-0.3, -0.25) is 0 Å². The first-order valence-corrected chi connectivity index (χ1v) is 8.40. The van der Waals surface area contributed by atoms with Crippen LogP contribution in [0.25, 0.3) is 0 Å². The van der Waals surface area contributed by atoms with Gasteiger partial charge in [0.05, 0.1) is 5.69 Å². The molecule has 2 N–H and O–H groups in total. The van der Waals surface area contributed by atoms with Gasteiger partial charge >= 0.3 is 0 Å². The Morgan fingerprint density at radius 2 is 2.00 bits per heavy atom. The monoisotopic (exact) mass is 297 g/mol. The smallest absolute Gasteiger partial charge is 0.244 e. The van der Waals surface area contributed by atoms with Gasteiger partial charge < -0.3 is 10.6 Å². The molecular weight excluding hydrogens is 274 g/mol. The molecule has 1 aliphatic heterocycles. The van der Waals surface area contributed by atoms with E-state index in [9.17, 15) is 8.42 Å². The molecule has 1 unspecified atom stereocenters. The normalized spacial score (nSPS) is 20.4. The van der Waals surface area contributed by atoms with Crippen molar-refractivity contribution in [3.63, 3.8) is 0 Å². The number of benzene rings is 1. The number of hydrogen-bond acceptors (Lipinski definition) is 4. The number of piperidine rings is 1. The number of para-hydroxylation sites is 1. The first-order valence-electron chi connectivity index (χ1n) is 6.96. The summed E-state index contributed by atoms with van der Waals surface area (Å²) in [6, 6.07) is 7.42. The zero-order valence-electron chi connectivity index (χ0n) is 12.1. The Kier molecular flexibility index (Phi) is 4.67. The lowest BCUT2D eigenvalue weighted by Crippen LogP contribution is -2.45. The molecule has 0 aromatic heterocycles. The standard InChI is InChI=1S/C14H23N3O2S/c1-16(2)20(18,19)14-9-4-3-8-13(14)17-10-6-5-7-12(17)11-15/h3-4,8-9,12H,5-7,10-11,15H2,1-2H3. The fourth-order valence-electron chi connectivity index (χ4n) is 2.67. The number of anilines is 1. The minimum Gasteiger partial charge on any atom is -0.366 e. The summed E-state index contributed by atoms with van der Waals surface area (Å²) < 4.78 is 26.2. The highest BCUT2D eigenvalue weighted by molar-refractivity contribution is 7.89. The zero-order chi connectivity index (χ0) is 14.8. The topological polar surface area (TPSA) is 66.6 Å². The van der Waals surface area contributed by atoms with E-state index < -0.39 is 10.0 Å². The molecule has 2 rings (SSSR count). The maximum absolute atomic E-state index is 12.5. The minimum atomic E-state index is -3.44. The predicted octanol–water partition coefficient (Wildman–Crippen LogP) is 1.25. The fourth-order valence-corrected chi connectivity index (χ4v) is 3.77. The third-order valence-electron chi connectivity index (χ3n) is 3.83. The van der Waals surface area contributed by atoms with Crippen molar-refractivity contribution in [3.8, 4) is 0 Å². The number of hydrogen-bond donors (Lipinski definition) is 1. The van der Waals surface area contributed by atoms with Gasteiger partial charge in [0.1, 0.15) is 4.90 Å². The van der Waals surface area contributed by atoms with Gasteiger partial charge in [-0.2, -0.15) is 0 Å². The maximum atomic E-state index is 12.5. The van der Waals surface area contributed by atoms with Crippen LogP contribution in [-0.2, 0) is 10.0 Å². The maximum Gasteiger partial charge on any atom is 0.244 e. The number of sulfonamides is 1. The summed E-state index contributed by atoms with van der Waals surface area (Å²) in [5.41, 5.74) is 6.62. The Labute approximate surface area is 121 Å². The van der Waals surface area contributed by atoms with Crippen LogP contribution in [0.15, 0.2) is 29.2 Å². The zero-order valence-corrected chi connectivity index (χ0v) is 12.9. The van der Waals surface area contributed by atoms with Crippen molar-refractivity contribution in [2.24, 2.45) is 5.73 Å². The predicted molar refractivity (Wildman–Crippen MR) is 81.4 cm³/mol. The van der Waals surface area contributed by atoms with E-state index in [1.54, 1.807) is 26.2 Å². The molecule has 5 nitrogen and oxygen atoms in total. The Balaban J connectivity index is 2.47. The highest BCUT2D eigenvalue weighted by Crippen LogP contribution is 2.31. The van der Waals surface area contributed by atoms with Crippen molar-refractivity contribution in [1.82, 2.24) is 4.31 Å². The van der Waals surface area contributed by atoms with Crippen LogP contribution in [-0.4, -0.2) is 45.9 Å². The van der Waals surface area contributed by atoms with Crippen LogP contribution in [0.3, 0.4) is 0 Å². The van der Waals surface area contributed by atoms with Crippen LogP contribution in [0.4, 0.5) is 5.69 Å². The highest BCUT2D eigenvalue weighted by Gasteiger charge is 2.28. The lowest BCUT2D eigenvalue weighted by Gasteiger charge is -2.38. The molecule has 0 amide bonds. The van der Waals surface area contributed by atoms with E-state index in [0.29, 0.717) is 11.4 Å². The van der Waals surface area contributed by atoms with E-state index in [1.807, 2.05) is 12.1 Å². The van der Waals surface area contributed by atoms with Crippen LogP contribution < -0.4 is 10.6 Å². The molecule has 1 aliphatic rings. The van der Waals surface area contributed by atoms with E-state index in [2.05, 4.69) is 4.90 Å². The number of rotatable bonds is 4. The van der Waals surface area contributed by atoms with Gasteiger partial charge in [-0.25, -0.2) is 12.7 Å². The molecule has 1 aromatic rings. The van der Waals surface area contributed by atoms with Gasteiger partial charge in [-0.15, -0.1) is 0 Å². The Morgan fingerprint density at radius 3 is 2.65 bits per heavy atom. The average molecular weight is 297 g/mol. The van der Waals surface area contributed by atoms with Gasteiger partial charge in [0.2, 0.25) is 10.0 Å². The van der Waals surface area contributed by atoms with Crippen molar-refractivity contribution in [3.05, 3.63) is 24.3 Å². The van der Waals surface area contributed by atoms with Gasteiger partial charge in [0.15, 0.2) is 0 Å². The lowest BCUT2D eigenvalue weighted by atomic mass is 10.0. The van der Waals surface area contributed by atoms with E-state index in [0.717, 1.165) is 31.5 Å². The molecule has 112 valence electrons. The summed E-state index contributed by atoms with van der Waals surface area (Å²) in [6.45, 7) is 1.41. The highest BCUT2D eigenvalue weighted by atomic mass is 32.2. The van der Waals surface area contributed by atoms with Crippen LogP contribution in [0.2, 0.25) is 0 Å². The summed E-state index contributed by atoms with van der Waals surface area (Å²) >= 11 is 0. The molecule has 1 fully saturated rings. The molecule has 1 aromatic carbocycles. The second-order valence-electron chi connectivity index (χ2n) is 5.33. The van der Waals surface area contributed by atoms with E-state index in [4.69, 9.17) is 5.73 Å². The summed E-state index contributed by atoms with van der Waals surface area (Å²) in [5.74, 6) is 0. The van der Waals surface area contributed by atoms with E-state index >= 15 is 0 Å². The minimum absolute atomic E-state index is 0.224. The van der Waals surface area contributed by atoms with Gasteiger partial charge in [0.25, 0.3) is 0 Å². The molecule has 0 spiro atoms. The van der Waals surface area contributed by atoms with Crippen LogP contribution in [0.5, 0.6) is 0 Å². The summed E-state index contributed by atoms with van der Waals surface area (Å²) in [5, 5.41) is 0. The van der Waals surface area contributed by atoms with Gasteiger partial charge in [-0.05, 0) is 31.4 Å². The molecule has 0 radical (unpaired) electrons. The van der Waals surface area contributed by atoms with Crippen molar-refractivity contribution in [2.75, 3.05) is 32.1 Å². The molecule has 6 heteroatoms. The average Bonchev–Trinajstić information content (AvgIpc) is 2.47. The van der Waals surface area contributed by atoms with E-state index in [-0.39, 0.29) is 6.04 Å². The Morgan fingerprint density at radius 1 is 1.30 bits per heavy atom. The number of nitrogens with two attached hydrogens (primary N) is 1. The Hall–Kier alpha value is -1.11. The SMILES string of the molecule is CN(C)S(=O)(=O)c1ccccc1N1CCCCC1CN. The third kappa shape index (κ3) is 2.82. The van der Waals surface area contributed by atoms with Gasteiger partial charge in [-0.1, -0.05) is 12.1 Å². The second kappa shape index (κ2) is 6.11. The first kappa shape index (κ1) is 15.3. The lowest BCUT2D eigenvalue weighted by molar-refractivity contribution is 0.461. The number of nitrogens with zero attached hydrogens (tertiary/aromatic N) is 2. The molecule has 0 aliphatic carbocycles. The first-order chi connectivity index (χ1) is 9.48. The molecule has 1 heterocycles. The van der Waals surface area contributed by atoms with Crippen molar-refractivity contribution in [2.45, 2.75) is 30.2 Å². The van der Waals surface area contributed by atoms with Crippen LogP contribution >= 0.6 is 0 Å². The van der Waals surface area contributed by atoms with E-state index in [1.165, 1.54) is 4.31 Å². The molecule has 0 saturated carbocycles.